The molecule has 0 bridgehead atoms. The molecule has 11 heteroatoms. The van der Waals surface area contributed by atoms with Crippen molar-refractivity contribution < 1.29 is 42.9 Å². The second kappa shape index (κ2) is 54.5. The van der Waals surface area contributed by atoms with Crippen molar-refractivity contribution in [1.82, 2.24) is 9.80 Å². The number of amides is 1. The van der Waals surface area contributed by atoms with Crippen molar-refractivity contribution in [3.05, 3.63) is 0 Å². The topological polar surface area (TPSA) is 121 Å². The molecule has 0 fully saturated rings. The quantitative estimate of drug-likeness (QED) is 0.0252. The molecule has 0 aliphatic rings. The largest absolute Gasteiger partial charge is 0.465 e. The van der Waals surface area contributed by atoms with Crippen LogP contribution in [0.25, 0.3) is 0 Å². The Labute approximate surface area is 451 Å². The van der Waals surface area contributed by atoms with Gasteiger partial charge in [-0.15, -0.1) is 0 Å². The first-order chi connectivity index (χ1) is 35.6. The molecule has 1 atom stereocenters. The minimum Gasteiger partial charge on any atom is -0.465 e. The zero-order valence-corrected chi connectivity index (χ0v) is 49.2. The average Bonchev–Trinajstić information content (AvgIpc) is 3.38. The molecule has 1 unspecified atom stereocenters. The molecule has 0 saturated carbocycles. The standard InChI is InChI=1S/C62H120N2O9/c1-8-13-18-24-33-43-59(65)64(48-38-47-63(6)7)50-58(54-73-62(68)46-36-27-26-35-45-61(67)72-53-57(41-31-21-16-11-4)42-32-22-17-12-5)51-70-55-69-49-37-28-23-25-34-44-60(66)71-52-56(39-29-19-14-9-2)40-30-20-15-10-3/h56-58H,8-55H2,1-7H3. The zero-order valence-electron chi connectivity index (χ0n) is 49.2. The van der Waals surface area contributed by atoms with Crippen molar-refractivity contribution in [3.63, 3.8) is 0 Å². The lowest BCUT2D eigenvalue weighted by Gasteiger charge is -2.28. The van der Waals surface area contributed by atoms with E-state index < -0.39 is 0 Å². The van der Waals surface area contributed by atoms with Crippen LogP contribution in [-0.2, 0) is 42.9 Å². The van der Waals surface area contributed by atoms with Gasteiger partial charge in [0, 0.05) is 51.3 Å². The van der Waals surface area contributed by atoms with E-state index in [1.54, 1.807) is 0 Å². The van der Waals surface area contributed by atoms with Gasteiger partial charge >= 0.3 is 17.9 Å². The van der Waals surface area contributed by atoms with Crippen molar-refractivity contribution in [2.45, 2.75) is 285 Å². The zero-order chi connectivity index (χ0) is 53.7. The summed E-state index contributed by atoms with van der Waals surface area (Å²) >= 11 is 0. The molecule has 0 aromatic rings. The van der Waals surface area contributed by atoms with Crippen LogP contribution in [-0.4, -0.2) is 107 Å². The molecule has 0 aliphatic heterocycles. The normalized spacial score (nSPS) is 12.0. The number of unbranched alkanes of at least 4 members (excludes halogenated alkanes) is 23. The molecule has 0 aliphatic carbocycles. The molecule has 0 radical (unpaired) electrons. The van der Waals surface area contributed by atoms with Crippen molar-refractivity contribution in [1.29, 1.82) is 0 Å². The summed E-state index contributed by atoms with van der Waals surface area (Å²) in [5.41, 5.74) is 0. The number of carbonyl (C=O) groups excluding carboxylic acids is 4. The van der Waals surface area contributed by atoms with Crippen LogP contribution >= 0.6 is 0 Å². The van der Waals surface area contributed by atoms with E-state index in [9.17, 15) is 19.2 Å². The minimum atomic E-state index is -0.238. The van der Waals surface area contributed by atoms with Crippen LogP contribution in [0.3, 0.4) is 0 Å². The fraction of sp³-hybridized carbons (Fsp3) is 0.935. The van der Waals surface area contributed by atoms with E-state index in [0.717, 1.165) is 96.4 Å². The van der Waals surface area contributed by atoms with Crippen LogP contribution < -0.4 is 0 Å². The lowest BCUT2D eigenvalue weighted by molar-refractivity contribution is -0.148. The van der Waals surface area contributed by atoms with Gasteiger partial charge in [0.05, 0.1) is 26.4 Å². The van der Waals surface area contributed by atoms with Crippen molar-refractivity contribution >= 4 is 23.8 Å². The first-order valence-electron chi connectivity index (χ1n) is 31.1. The fourth-order valence-corrected chi connectivity index (χ4v) is 9.54. The summed E-state index contributed by atoms with van der Waals surface area (Å²) in [5, 5.41) is 0. The molecule has 0 spiro atoms. The maximum atomic E-state index is 13.6. The third kappa shape index (κ3) is 49.1. The molecule has 0 heterocycles. The minimum absolute atomic E-state index is 0.0500. The van der Waals surface area contributed by atoms with Gasteiger partial charge < -0.3 is 33.5 Å². The van der Waals surface area contributed by atoms with Gasteiger partial charge in [-0.2, -0.15) is 0 Å². The Morgan fingerprint density at radius 2 is 0.712 bits per heavy atom. The third-order valence-electron chi connectivity index (χ3n) is 14.4. The van der Waals surface area contributed by atoms with E-state index in [1.165, 1.54) is 128 Å². The molecule has 0 rings (SSSR count). The second-order valence-electron chi connectivity index (χ2n) is 22.0. The van der Waals surface area contributed by atoms with E-state index in [0.29, 0.717) is 83.5 Å². The molecule has 432 valence electrons. The molecule has 73 heavy (non-hydrogen) atoms. The lowest BCUT2D eigenvalue weighted by atomic mass is 9.95. The summed E-state index contributed by atoms with van der Waals surface area (Å²) in [7, 11) is 4.10. The van der Waals surface area contributed by atoms with E-state index in [2.05, 4.69) is 39.5 Å². The first-order valence-corrected chi connectivity index (χ1v) is 31.1. The number of carbonyl (C=O) groups is 4. The van der Waals surface area contributed by atoms with Gasteiger partial charge in [0.1, 0.15) is 6.79 Å². The Hall–Kier alpha value is -2.24. The van der Waals surface area contributed by atoms with E-state index >= 15 is 0 Å². The highest BCUT2D eigenvalue weighted by molar-refractivity contribution is 5.76. The number of hydrogen-bond donors (Lipinski definition) is 0. The van der Waals surface area contributed by atoms with Crippen LogP contribution in [0.5, 0.6) is 0 Å². The van der Waals surface area contributed by atoms with Gasteiger partial charge in [-0.05, 0) is 96.7 Å². The van der Waals surface area contributed by atoms with E-state index in [-0.39, 0.29) is 43.1 Å². The number of nitrogens with zero attached hydrogens (tertiary/aromatic N) is 2. The monoisotopic (exact) mass is 1040 g/mol. The molecular formula is C62H120N2O9. The predicted octanol–water partition coefficient (Wildman–Crippen LogP) is 16.2. The van der Waals surface area contributed by atoms with Crippen molar-refractivity contribution in [3.8, 4) is 0 Å². The summed E-state index contributed by atoms with van der Waals surface area (Å²) in [6.45, 7) is 15.5. The van der Waals surface area contributed by atoms with Crippen LogP contribution in [0, 0.1) is 17.8 Å². The Morgan fingerprint density at radius 1 is 0.356 bits per heavy atom. The van der Waals surface area contributed by atoms with Crippen molar-refractivity contribution in [2.75, 3.05) is 73.6 Å². The SMILES string of the molecule is CCCCCCCC(=O)N(CCCN(C)C)CC(COCOCCCCCCCC(=O)OCC(CCCCCC)CCCCCC)COC(=O)CCCCCCC(=O)OCC(CCCCCC)CCCCCC. The molecule has 0 N–H and O–H groups in total. The summed E-state index contributed by atoms with van der Waals surface area (Å²) < 4.78 is 29.3. The molecule has 0 aromatic carbocycles. The summed E-state index contributed by atoms with van der Waals surface area (Å²) in [6, 6.07) is 0. The highest BCUT2D eigenvalue weighted by Gasteiger charge is 2.22. The van der Waals surface area contributed by atoms with Crippen LogP contribution in [0.1, 0.15) is 285 Å². The van der Waals surface area contributed by atoms with Crippen LogP contribution in [0.2, 0.25) is 0 Å². The van der Waals surface area contributed by atoms with Gasteiger partial charge in [-0.3, -0.25) is 19.2 Å². The molecule has 11 nitrogen and oxygen atoms in total. The Morgan fingerprint density at radius 3 is 1.12 bits per heavy atom. The third-order valence-corrected chi connectivity index (χ3v) is 14.4. The lowest BCUT2D eigenvalue weighted by Crippen LogP contribution is -2.40. The Kier molecular flexibility index (Phi) is 52.9. The summed E-state index contributed by atoms with van der Waals surface area (Å²) in [5.74, 6) is 0.557. The second-order valence-corrected chi connectivity index (χ2v) is 22.0. The molecule has 0 aromatic heterocycles. The van der Waals surface area contributed by atoms with Crippen LogP contribution in [0.4, 0.5) is 0 Å². The van der Waals surface area contributed by atoms with Gasteiger partial charge in [-0.25, -0.2) is 0 Å². The number of rotatable bonds is 57. The highest BCUT2D eigenvalue weighted by Crippen LogP contribution is 2.22. The van der Waals surface area contributed by atoms with Gasteiger partial charge in [0.15, 0.2) is 0 Å². The van der Waals surface area contributed by atoms with E-state index in [4.69, 9.17) is 23.7 Å². The number of ether oxygens (including phenoxy) is 5. The van der Waals surface area contributed by atoms with E-state index in [1.807, 2.05) is 19.0 Å². The maximum Gasteiger partial charge on any atom is 0.305 e. The van der Waals surface area contributed by atoms with Gasteiger partial charge in [0.2, 0.25) is 5.91 Å². The Bertz CT molecular complexity index is 1210. The average molecular weight is 1040 g/mol. The smallest absolute Gasteiger partial charge is 0.305 e. The molecular weight excluding hydrogens is 917 g/mol. The van der Waals surface area contributed by atoms with Gasteiger partial charge in [-0.1, -0.05) is 195 Å². The predicted molar refractivity (Wildman–Crippen MR) is 304 cm³/mol. The highest BCUT2D eigenvalue weighted by atomic mass is 16.7. The maximum absolute atomic E-state index is 13.6. The summed E-state index contributed by atoms with van der Waals surface area (Å²) in [6.07, 6.45) is 40.8. The number of hydrogen-bond acceptors (Lipinski definition) is 10. The summed E-state index contributed by atoms with van der Waals surface area (Å²) in [4.78, 5) is 55.9. The molecule has 0 saturated heterocycles. The first kappa shape index (κ1) is 70.8. The van der Waals surface area contributed by atoms with Crippen LogP contribution in [0.15, 0.2) is 0 Å². The number of esters is 3. The van der Waals surface area contributed by atoms with Gasteiger partial charge in [0.25, 0.3) is 0 Å². The fourth-order valence-electron chi connectivity index (χ4n) is 9.54. The molecule has 1 amide bonds. The Balaban J connectivity index is 4.91. The van der Waals surface area contributed by atoms with Crippen molar-refractivity contribution in [2.24, 2.45) is 17.8 Å².